The van der Waals surface area contributed by atoms with Gasteiger partial charge in [-0.15, -0.1) is 0 Å². The summed E-state index contributed by atoms with van der Waals surface area (Å²) >= 11 is 0. The molecule has 0 unspecified atom stereocenters. The average molecular weight is 353 g/mol. The van der Waals surface area contributed by atoms with Gasteiger partial charge in [-0.2, -0.15) is 5.10 Å². The highest BCUT2D eigenvalue weighted by atomic mass is 16.5. The highest BCUT2D eigenvalue weighted by Crippen LogP contribution is 2.21. The molecule has 1 N–H and O–H groups in total. The molecule has 10 nitrogen and oxygen atoms in total. The summed E-state index contributed by atoms with van der Waals surface area (Å²) in [6.45, 7) is 1.77. The SMILES string of the molecule is COc1cc(NC2CCN(c3cncc(-n4cncn4)n3)CC2)ncn1. The minimum atomic E-state index is 0.345. The molecule has 134 valence electrons. The monoisotopic (exact) mass is 353 g/mol. The Labute approximate surface area is 150 Å². The normalized spacial score (nSPS) is 15.0. The van der Waals surface area contributed by atoms with Gasteiger partial charge < -0.3 is 15.0 Å². The summed E-state index contributed by atoms with van der Waals surface area (Å²) in [4.78, 5) is 23.4. The van der Waals surface area contributed by atoms with Crippen molar-refractivity contribution in [2.24, 2.45) is 0 Å². The summed E-state index contributed by atoms with van der Waals surface area (Å²) in [5.41, 5.74) is 0. The first kappa shape index (κ1) is 16.2. The van der Waals surface area contributed by atoms with E-state index < -0.39 is 0 Å². The zero-order valence-electron chi connectivity index (χ0n) is 14.4. The van der Waals surface area contributed by atoms with Crippen LogP contribution in [0.5, 0.6) is 5.88 Å². The topological polar surface area (TPSA) is 107 Å². The molecule has 0 atom stereocenters. The standard InChI is InChI=1S/C16H19N9O/c1-26-16-6-13(19-10-20-16)22-12-2-4-24(5-3-12)14-7-17-8-15(23-14)25-11-18-9-21-25/h6-12H,2-5H2,1H3,(H,19,20,22). The highest BCUT2D eigenvalue weighted by molar-refractivity contribution is 5.42. The second-order valence-electron chi connectivity index (χ2n) is 5.93. The molecule has 3 aromatic rings. The van der Waals surface area contributed by atoms with Crippen LogP contribution in [0.25, 0.3) is 5.82 Å². The van der Waals surface area contributed by atoms with E-state index in [2.05, 4.69) is 40.2 Å². The van der Waals surface area contributed by atoms with E-state index in [1.54, 1.807) is 36.6 Å². The van der Waals surface area contributed by atoms with Crippen molar-refractivity contribution in [1.29, 1.82) is 0 Å². The molecule has 0 aliphatic carbocycles. The molecule has 1 saturated heterocycles. The van der Waals surface area contributed by atoms with Crippen LogP contribution in [0, 0.1) is 0 Å². The fourth-order valence-electron chi connectivity index (χ4n) is 2.93. The number of piperidine rings is 1. The highest BCUT2D eigenvalue weighted by Gasteiger charge is 2.21. The van der Waals surface area contributed by atoms with Gasteiger partial charge in [0.25, 0.3) is 0 Å². The Hall–Kier alpha value is -3.30. The van der Waals surface area contributed by atoms with E-state index in [1.165, 1.54) is 12.7 Å². The van der Waals surface area contributed by atoms with Gasteiger partial charge in [-0.3, -0.25) is 4.98 Å². The summed E-state index contributed by atoms with van der Waals surface area (Å²) < 4.78 is 6.74. The van der Waals surface area contributed by atoms with Crippen molar-refractivity contribution in [3.05, 3.63) is 37.4 Å². The van der Waals surface area contributed by atoms with Crippen LogP contribution in [0.1, 0.15) is 12.8 Å². The smallest absolute Gasteiger partial charge is 0.218 e. The van der Waals surface area contributed by atoms with E-state index in [9.17, 15) is 0 Å². The Morgan fingerprint density at radius 2 is 1.92 bits per heavy atom. The third kappa shape index (κ3) is 3.53. The molecule has 1 aliphatic heterocycles. The van der Waals surface area contributed by atoms with Crippen molar-refractivity contribution in [1.82, 2.24) is 34.7 Å². The zero-order valence-corrected chi connectivity index (χ0v) is 14.4. The number of nitrogens with one attached hydrogen (secondary N) is 1. The summed E-state index contributed by atoms with van der Waals surface area (Å²) in [7, 11) is 1.60. The summed E-state index contributed by atoms with van der Waals surface area (Å²) in [6, 6.07) is 2.15. The van der Waals surface area contributed by atoms with Crippen molar-refractivity contribution in [3.8, 4) is 11.7 Å². The summed E-state index contributed by atoms with van der Waals surface area (Å²) in [5.74, 6) is 2.84. The van der Waals surface area contributed by atoms with Gasteiger partial charge in [0.2, 0.25) is 5.88 Å². The van der Waals surface area contributed by atoms with Crippen molar-refractivity contribution in [2.45, 2.75) is 18.9 Å². The van der Waals surface area contributed by atoms with Gasteiger partial charge in [-0.1, -0.05) is 0 Å². The van der Waals surface area contributed by atoms with Crippen LogP contribution < -0.4 is 15.0 Å². The van der Waals surface area contributed by atoms with Crippen LogP contribution in [-0.4, -0.2) is 60.9 Å². The first-order valence-electron chi connectivity index (χ1n) is 8.36. The number of anilines is 2. The van der Waals surface area contributed by atoms with Gasteiger partial charge in [-0.05, 0) is 12.8 Å². The number of nitrogens with zero attached hydrogens (tertiary/aromatic N) is 8. The molecule has 4 heterocycles. The fourth-order valence-corrected chi connectivity index (χ4v) is 2.93. The lowest BCUT2D eigenvalue weighted by Gasteiger charge is -2.33. The molecule has 10 heteroatoms. The lowest BCUT2D eigenvalue weighted by molar-refractivity contribution is 0.397. The van der Waals surface area contributed by atoms with E-state index in [0.717, 1.165) is 37.6 Å². The molecule has 4 rings (SSSR count). The fraction of sp³-hybridized carbons (Fsp3) is 0.375. The molecule has 0 amide bonds. The zero-order chi connectivity index (χ0) is 17.8. The largest absolute Gasteiger partial charge is 0.481 e. The predicted molar refractivity (Wildman–Crippen MR) is 94.4 cm³/mol. The molecule has 1 aliphatic rings. The van der Waals surface area contributed by atoms with Gasteiger partial charge in [0.15, 0.2) is 5.82 Å². The first-order valence-corrected chi connectivity index (χ1v) is 8.36. The van der Waals surface area contributed by atoms with Crippen LogP contribution in [0.15, 0.2) is 37.4 Å². The quantitative estimate of drug-likeness (QED) is 0.717. The van der Waals surface area contributed by atoms with Crippen LogP contribution in [0.3, 0.4) is 0 Å². The predicted octanol–water partition coefficient (Wildman–Crippen LogP) is 0.937. The molecule has 26 heavy (non-hydrogen) atoms. The number of rotatable bonds is 5. The maximum Gasteiger partial charge on any atom is 0.218 e. The van der Waals surface area contributed by atoms with Gasteiger partial charge >= 0.3 is 0 Å². The Bertz CT molecular complexity index is 846. The van der Waals surface area contributed by atoms with Crippen LogP contribution in [0.4, 0.5) is 11.6 Å². The van der Waals surface area contributed by atoms with Gasteiger partial charge in [0, 0.05) is 25.2 Å². The Balaban J connectivity index is 1.38. The number of ether oxygens (including phenoxy) is 1. The van der Waals surface area contributed by atoms with Gasteiger partial charge in [-0.25, -0.2) is 24.6 Å². The van der Waals surface area contributed by atoms with Gasteiger partial charge in [0.05, 0.1) is 19.5 Å². The number of methoxy groups -OCH3 is 1. The average Bonchev–Trinajstić information content (AvgIpc) is 3.24. The Kier molecular flexibility index (Phi) is 4.54. The molecule has 0 radical (unpaired) electrons. The summed E-state index contributed by atoms with van der Waals surface area (Å²) in [6.07, 6.45) is 10.00. The van der Waals surface area contributed by atoms with Crippen molar-refractivity contribution >= 4 is 11.6 Å². The Morgan fingerprint density at radius 1 is 1.08 bits per heavy atom. The number of hydrogen-bond acceptors (Lipinski definition) is 9. The molecule has 0 saturated carbocycles. The second kappa shape index (κ2) is 7.30. The van der Waals surface area contributed by atoms with E-state index in [1.807, 2.05) is 0 Å². The van der Waals surface area contributed by atoms with Crippen molar-refractivity contribution in [3.63, 3.8) is 0 Å². The minimum Gasteiger partial charge on any atom is -0.481 e. The molecule has 0 aromatic carbocycles. The molecular weight excluding hydrogens is 334 g/mol. The van der Waals surface area contributed by atoms with Crippen LogP contribution >= 0.6 is 0 Å². The van der Waals surface area contributed by atoms with Crippen LogP contribution in [0.2, 0.25) is 0 Å². The molecule has 3 aromatic heterocycles. The Morgan fingerprint density at radius 3 is 2.69 bits per heavy atom. The lowest BCUT2D eigenvalue weighted by atomic mass is 10.1. The maximum atomic E-state index is 5.13. The third-order valence-electron chi connectivity index (χ3n) is 4.28. The third-order valence-corrected chi connectivity index (χ3v) is 4.28. The minimum absolute atomic E-state index is 0.345. The number of hydrogen-bond donors (Lipinski definition) is 1. The number of aromatic nitrogens is 7. The van der Waals surface area contributed by atoms with E-state index >= 15 is 0 Å². The second-order valence-corrected chi connectivity index (χ2v) is 5.93. The molecule has 0 spiro atoms. The summed E-state index contributed by atoms with van der Waals surface area (Å²) in [5, 5.41) is 7.54. The van der Waals surface area contributed by atoms with Gasteiger partial charge in [0.1, 0.15) is 30.6 Å². The molecule has 0 bridgehead atoms. The van der Waals surface area contributed by atoms with Crippen molar-refractivity contribution < 1.29 is 4.74 Å². The van der Waals surface area contributed by atoms with E-state index in [-0.39, 0.29) is 0 Å². The van der Waals surface area contributed by atoms with E-state index in [4.69, 9.17) is 4.74 Å². The lowest BCUT2D eigenvalue weighted by Crippen LogP contribution is -2.39. The molecular formula is C16H19N9O. The van der Waals surface area contributed by atoms with Crippen LogP contribution in [-0.2, 0) is 0 Å². The first-order chi connectivity index (χ1) is 12.8. The molecule has 1 fully saturated rings. The van der Waals surface area contributed by atoms with E-state index in [0.29, 0.717) is 17.7 Å². The maximum absolute atomic E-state index is 5.13. The van der Waals surface area contributed by atoms with Crippen molar-refractivity contribution in [2.75, 3.05) is 30.4 Å².